The molecule has 0 bridgehead atoms. The molecule has 2 aromatic rings. The van der Waals surface area contributed by atoms with Gasteiger partial charge in [-0.25, -0.2) is 0 Å². The van der Waals surface area contributed by atoms with Gasteiger partial charge in [-0.15, -0.1) is 0 Å². The van der Waals surface area contributed by atoms with Gasteiger partial charge in [0, 0.05) is 22.1 Å². The van der Waals surface area contributed by atoms with E-state index >= 15 is 0 Å². The maximum atomic E-state index is 5.79. The first-order chi connectivity index (χ1) is 10.6. The maximum absolute atomic E-state index is 5.79. The first-order valence-electron chi connectivity index (χ1n) is 7.53. The third-order valence-electron chi connectivity index (χ3n) is 3.56. The molecule has 0 aromatic heterocycles. The molecular weight excluding hydrogens is 272 g/mol. The van der Waals surface area contributed by atoms with E-state index in [4.69, 9.17) is 9.47 Å². The molecule has 1 aliphatic heterocycles. The van der Waals surface area contributed by atoms with Crippen LogP contribution < -0.4 is 0 Å². The molecule has 22 heavy (non-hydrogen) atoms. The Bertz CT molecular complexity index is 665. The van der Waals surface area contributed by atoms with Crippen LogP contribution in [-0.4, -0.2) is 13.2 Å². The monoisotopic (exact) mass is 292 g/mol. The van der Waals surface area contributed by atoms with Crippen molar-refractivity contribution in [3.8, 4) is 11.8 Å². The maximum Gasteiger partial charge on any atom is 0.183 e. The first-order valence-corrected chi connectivity index (χ1v) is 7.53. The fraction of sp³-hybridized carbons (Fsp3) is 0.300. The molecule has 0 radical (unpaired) electrons. The SMILES string of the molecule is CC1(C)COC(c2ccc(C#Cc3ccccc3)cc2)OC1. The van der Waals surface area contributed by atoms with Crippen LogP contribution in [-0.2, 0) is 9.47 Å². The van der Waals surface area contributed by atoms with Crippen molar-refractivity contribution in [3.63, 3.8) is 0 Å². The lowest BCUT2D eigenvalue weighted by Gasteiger charge is -2.34. The second kappa shape index (κ2) is 6.36. The van der Waals surface area contributed by atoms with Crippen molar-refractivity contribution in [2.24, 2.45) is 5.41 Å². The lowest BCUT2D eigenvalue weighted by molar-refractivity contribution is -0.226. The summed E-state index contributed by atoms with van der Waals surface area (Å²) in [7, 11) is 0. The van der Waals surface area contributed by atoms with Gasteiger partial charge in [0.05, 0.1) is 13.2 Å². The first kappa shape index (κ1) is 14.8. The minimum absolute atomic E-state index is 0.0948. The molecule has 0 amide bonds. The Balaban J connectivity index is 1.68. The van der Waals surface area contributed by atoms with Gasteiger partial charge < -0.3 is 9.47 Å². The number of hydrogen-bond acceptors (Lipinski definition) is 2. The van der Waals surface area contributed by atoms with Crippen LogP contribution in [0.15, 0.2) is 54.6 Å². The Kier molecular flexibility index (Phi) is 4.29. The molecule has 0 N–H and O–H groups in total. The van der Waals surface area contributed by atoms with Crippen molar-refractivity contribution < 1.29 is 9.47 Å². The second-order valence-electron chi connectivity index (χ2n) is 6.36. The predicted octanol–water partition coefficient (Wildman–Crippen LogP) is 4.16. The fourth-order valence-electron chi connectivity index (χ4n) is 2.27. The Labute approximate surface area is 132 Å². The molecule has 2 aromatic carbocycles. The molecule has 2 heteroatoms. The summed E-state index contributed by atoms with van der Waals surface area (Å²) in [6, 6.07) is 18.1. The normalized spacial score (nSPS) is 17.5. The predicted molar refractivity (Wildman–Crippen MR) is 87.3 cm³/mol. The van der Waals surface area contributed by atoms with Crippen molar-refractivity contribution in [2.45, 2.75) is 20.1 Å². The number of rotatable bonds is 1. The number of ether oxygens (including phenoxy) is 2. The van der Waals surface area contributed by atoms with Crippen LogP contribution in [0.3, 0.4) is 0 Å². The van der Waals surface area contributed by atoms with Crippen LogP contribution in [0.25, 0.3) is 0 Å². The van der Waals surface area contributed by atoms with Crippen LogP contribution in [0, 0.1) is 17.3 Å². The molecule has 2 nitrogen and oxygen atoms in total. The lowest BCUT2D eigenvalue weighted by Crippen LogP contribution is -2.33. The molecular formula is C20H20O2. The molecule has 0 spiro atoms. The van der Waals surface area contributed by atoms with Crippen molar-refractivity contribution in [1.82, 2.24) is 0 Å². The van der Waals surface area contributed by atoms with E-state index in [0.29, 0.717) is 13.2 Å². The van der Waals surface area contributed by atoms with Crippen LogP contribution in [0.1, 0.15) is 36.8 Å². The van der Waals surface area contributed by atoms with Gasteiger partial charge >= 0.3 is 0 Å². The molecule has 0 unspecified atom stereocenters. The van der Waals surface area contributed by atoms with Gasteiger partial charge in [0.15, 0.2) is 6.29 Å². The quantitative estimate of drug-likeness (QED) is 0.735. The highest BCUT2D eigenvalue weighted by Gasteiger charge is 2.28. The average Bonchev–Trinajstić information content (AvgIpc) is 2.55. The van der Waals surface area contributed by atoms with Crippen LogP contribution in [0.5, 0.6) is 0 Å². The third-order valence-corrected chi connectivity index (χ3v) is 3.56. The van der Waals surface area contributed by atoms with Crippen molar-refractivity contribution in [3.05, 3.63) is 71.3 Å². The van der Waals surface area contributed by atoms with Gasteiger partial charge in [-0.2, -0.15) is 0 Å². The highest BCUT2D eigenvalue weighted by atomic mass is 16.7. The zero-order valence-corrected chi connectivity index (χ0v) is 13.0. The standard InChI is InChI=1S/C20H20O2/c1-20(2)14-21-19(22-15-20)18-12-10-17(11-13-18)9-8-16-6-4-3-5-7-16/h3-7,10-13,19H,14-15H2,1-2H3. The highest BCUT2D eigenvalue weighted by Crippen LogP contribution is 2.30. The summed E-state index contributed by atoms with van der Waals surface area (Å²) in [5.41, 5.74) is 3.15. The molecule has 3 rings (SSSR count). The van der Waals surface area contributed by atoms with Gasteiger partial charge in [-0.3, -0.25) is 0 Å². The Morgan fingerprint density at radius 1 is 0.818 bits per heavy atom. The van der Waals surface area contributed by atoms with Crippen molar-refractivity contribution in [2.75, 3.05) is 13.2 Å². The van der Waals surface area contributed by atoms with E-state index in [2.05, 4.69) is 25.7 Å². The number of hydrogen-bond donors (Lipinski definition) is 0. The smallest absolute Gasteiger partial charge is 0.183 e. The lowest BCUT2D eigenvalue weighted by atomic mass is 9.95. The Morgan fingerprint density at radius 2 is 1.36 bits per heavy atom. The largest absolute Gasteiger partial charge is 0.348 e. The highest BCUT2D eigenvalue weighted by molar-refractivity contribution is 5.43. The Morgan fingerprint density at radius 3 is 1.95 bits per heavy atom. The molecule has 1 heterocycles. The van der Waals surface area contributed by atoms with E-state index in [0.717, 1.165) is 16.7 Å². The number of benzene rings is 2. The zero-order valence-electron chi connectivity index (χ0n) is 13.0. The summed E-state index contributed by atoms with van der Waals surface area (Å²) in [6.07, 6.45) is -0.260. The van der Waals surface area contributed by atoms with Gasteiger partial charge in [-0.05, 0) is 24.3 Å². The minimum atomic E-state index is -0.260. The van der Waals surface area contributed by atoms with Crippen molar-refractivity contribution in [1.29, 1.82) is 0 Å². The average molecular weight is 292 g/mol. The van der Waals surface area contributed by atoms with Gasteiger partial charge in [-0.1, -0.05) is 56.0 Å². The molecule has 1 fully saturated rings. The van der Waals surface area contributed by atoms with Crippen LogP contribution in [0.4, 0.5) is 0 Å². The van der Waals surface area contributed by atoms with E-state index < -0.39 is 0 Å². The fourth-order valence-corrected chi connectivity index (χ4v) is 2.27. The molecule has 0 aliphatic carbocycles. The van der Waals surface area contributed by atoms with Crippen molar-refractivity contribution >= 4 is 0 Å². The molecule has 1 aliphatic rings. The van der Waals surface area contributed by atoms with E-state index in [1.54, 1.807) is 0 Å². The molecule has 1 saturated heterocycles. The minimum Gasteiger partial charge on any atom is -0.348 e. The van der Waals surface area contributed by atoms with E-state index in [1.165, 1.54) is 0 Å². The summed E-state index contributed by atoms with van der Waals surface area (Å²) in [5.74, 6) is 6.33. The van der Waals surface area contributed by atoms with E-state index in [1.807, 2.05) is 54.6 Å². The summed E-state index contributed by atoms with van der Waals surface area (Å²) in [5, 5.41) is 0. The molecule has 112 valence electrons. The zero-order chi connectivity index (χ0) is 15.4. The summed E-state index contributed by atoms with van der Waals surface area (Å²) >= 11 is 0. The topological polar surface area (TPSA) is 18.5 Å². The summed E-state index contributed by atoms with van der Waals surface area (Å²) in [6.45, 7) is 5.72. The van der Waals surface area contributed by atoms with E-state index in [9.17, 15) is 0 Å². The molecule has 0 saturated carbocycles. The molecule has 0 atom stereocenters. The summed E-state index contributed by atoms with van der Waals surface area (Å²) in [4.78, 5) is 0. The van der Waals surface area contributed by atoms with Crippen LogP contribution in [0.2, 0.25) is 0 Å². The van der Waals surface area contributed by atoms with E-state index in [-0.39, 0.29) is 11.7 Å². The van der Waals surface area contributed by atoms with Gasteiger partial charge in [0.25, 0.3) is 0 Å². The van der Waals surface area contributed by atoms with Crippen LogP contribution >= 0.6 is 0 Å². The van der Waals surface area contributed by atoms with Gasteiger partial charge in [0.1, 0.15) is 0 Å². The third kappa shape index (κ3) is 3.76. The second-order valence-corrected chi connectivity index (χ2v) is 6.36. The summed E-state index contributed by atoms with van der Waals surface area (Å²) < 4.78 is 11.6. The Hall–Kier alpha value is -2.08. The van der Waals surface area contributed by atoms with Gasteiger partial charge in [0.2, 0.25) is 0 Å².